The number of aromatic nitrogens is 4. The predicted molar refractivity (Wildman–Crippen MR) is 373 cm³/mol. The van der Waals surface area contributed by atoms with E-state index < -0.39 is 203 Å². The SMILES string of the molecule is O=C(Nc1ccc(S(=O)(=O)[O-])c2cc(S(=O)(=O)[O-])c(N=Nc3ccc4c(CNc5nc(F)nc(F)c5Cl)cccc4c3S(=O)(=O)[O-])c(O)c12)c1ccccc1.O=C(Nc1ccc(S(=O)(=O)[O-])c2cc(S(=O)(=O)[O-])c(N=Nc3ccc4c(CNc5nc(F)nc(F)c5Cl)cccc4c3S(=O)(=O)[O-])c(O)c12)c1ccccc1.[Li+].[Li+].[Li+].[Na+].[Na+].[Na+]. The minimum atomic E-state index is -5.71. The Morgan fingerprint density at radius 2 is 0.716 bits per heavy atom. The van der Waals surface area contributed by atoms with Crippen LogP contribution in [0, 0.1) is 24.1 Å². The van der Waals surface area contributed by atoms with Gasteiger partial charge >= 0.3 is 157 Å². The molecule has 2 aromatic heterocycles. The maximum Gasteiger partial charge on any atom is 1.00 e. The second kappa shape index (κ2) is 39.7. The zero-order valence-electron chi connectivity index (χ0n) is 59.8. The fraction of sp³-hybridized carbons (Fsp3) is 0.0312. The molecule has 568 valence electrons. The molecule has 0 saturated carbocycles. The second-order valence-corrected chi connectivity index (χ2v) is 31.2. The van der Waals surface area contributed by atoms with Crippen LogP contribution < -0.4 is 167 Å². The molecule has 12 rings (SSSR count). The molecule has 0 aliphatic rings. The summed E-state index contributed by atoms with van der Waals surface area (Å²) < 4.78 is 278. The van der Waals surface area contributed by atoms with Crippen LogP contribution in [-0.2, 0) is 73.8 Å². The Morgan fingerprint density at radius 3 is 1.03 bits per heavy atom. The summed E-state index contributed by atoms with van der Waals surface area (Å²) in [6.45, 7) is -0.571. The van der Waals surface area contributed by atoms with E-state index in [0.29, 0.717) is 24.3 Å². The van der Waals surface area contributed by atoms with Crippen molar-refractivity contribution >= 4 is 185 Å². The van der Waals surface area contributed by atoms with Crippen molar-refractivity contribution in [1.82, 2.24) is 19.9 Å². The third kappa shape index (κ3) is 22.3. The molecule has 52 heteroatoms. The number of benzene rings is 10. The van der Waals surface area contributed by atoms with Crippen molar-refractivity contribution in [2.24, 2.45) is 20.5 Å². The number of nitrogens with zero attached hydrogens (tertiary/aromatic N) is 8. The van der Waals surface area contributed by atoms with Gasteiger partial charge in [0.2, 0.25) is 11.9 Å². The Kier molecular flexibility index (Phi) is 34.1. The third-order valence-corrected chi connectivity index (χ3v) is 21.7. The summed E-state index contributed by atoms with van der Waals surface area (Å²) in [6.07, 6.45) is -2.88. The molecule has 0 spiro atoms. The van der Waals surface area contributed by atoms with Gasteiger partial charge in [-0.15, -0.1) is 20.5 Å². The number of rotatable bonds is 20. The number of carbonyl (C=O) groups excluding carboxylic acids is 2. The Hall–Kier alpha value is -6.71. The van der Waals surface area contributed by atoms with Gasteiger partial charge in [-0.25, -0.2) is 50.5 Å². The smallest absolute Gasteiger partial charge is 0.744 e. The van der Waals surface area contributed by atoms with Crippen molar-refractivity contribution in [3.63, 3.8) is 0 Å². The molecule has 0 saturated heterocycles. The number of carbonyl (C=O) groups is 2. The average Bonchev–Trinajstić information content (AvgIpc) is 0.742. The van der Waals surface area contributed by atoms with Crippen LogP contribution >= 0.6 is 23.2 Å². The number of nitrogens with one attached hydrogen (secondary N) is 4. The fourth-order valence-electron chi connectivity index (χ4n) is 11.0. The molecule has 10 aromatic carbocycles. The standard InChI is InChI=1S/2C32H21ClF2N6O11S3.3Li.3Na/c2*33-25-29(34)38-32(35)39-30(25)36-14-16-7-4-8-18-17(16)9-10-21(28(18)55(50,51)52)40-41-26-23(54(47,48)49)13-19-22(53(44,45)46)12-11-20(24(19)27(26)42)37-31(43)15-5-2-1-3-6-15;;;;;;/h2*1-13,42H,14H2,(H,37,43)(H,36,38,39)(H,44,45,46)(H,47,48,49)(H,50,51,52);;;;;;/q;;6*+1/p-6. The molecule has 0 atom stereocenters. The monoisotopic (exact) mass is 1750 g/mol. The summed E-state index contributed by atoms with van der Waals surface area (Å²) in [5.41, 5.74) is -3.99. The molecule has 34 nitrogen and oxygen atoms in total. The molecule has 12 aromatic rings. The largest absolute Gasteiger partial charge is 1.00 e. The maximum atomic E-state index is 13.8. The van der Waals surface area contributed by atoms with Gasteiger partial charge in [0.05, 0.1) is 51.5 Å². The van der Waals surface area contributed by atoms with E-state index in [1.54, 1.807) is 12.1 Å². The first-order valence-corrected chi connectivity index (χ1v) is 39.0. The van der Waals surface area contributed by atoms with Gasteiger partial charge in [-0.05, 0) is 94.7 Å². The summed E-state index contributed by atoms with van der Waals surface area (Å²) in [5, 5.41) is 42.7. The molecular weight excluding hydrogens is 1720 g/mol. The van der Waals surface area contributed by atoms with Crippen molar-refractivity contribution in [2.45, 2.75) is 42.5 Å². The van der Waals surface area contributed by atoms with Crippen LogP contribution in [0.4, 0.5) is 63.3 Å². The van der Waals surface area contributed by atoms with Gasteiger partial charge in [-0.2, -0.15) is 37.5 Å². The molecule has 0 unspecified atom stereocenters. The zero-order valence-corrected chi connectivity index (χ0v) is 72.2. The minimum Gasteiger partial charge on any atom is -0.744 e. The quantitative estimate of drug-likeness (QED) is 0.0103. The normalized spacial score (nSPS) is 11.8. The number of anilines is 4. The van der Waals surface area contributed by atoms with Crippen molar-refractivity contribution in [3.05, 3.63) is 214 Å². The van der Waals surface area contributed by atoms with E-state index in [0.717, 1.165) is 24.3 Å². The van der Waals surface area contributed by atoms with Crippen LogP contribution in [0.1, 0.15) is 31.8 Å². The van der Waals surface area contributed by atoms with E-state index in [-0.39, 0.29) is 214 Å². The summed E-state index contributed by atoms with van der Waals surface area (Å²) in [5.74, 6) is -7.82. The summed E-state index contributed by atoms with van der Waals surface area (Å²) in [6, 6.07) is 31.2. The van der Waals surface area contributed by atoms with Crippen LogP contribution in [0.2, 0.25) is 10.0 Å². The Morgan fingerprint density at radius 1 is 0.388 bits per heavy atom. The first-order chi connectivity index (χ1) is 51.5. The van der Waals surface area contributed by atoms with Gasteiger partial charge in [-0.1, -0.05) is 108 Å². The number of aromatic hydroxyl groups is 2. The van der Waals surface area contributed by atoms with Crippen molar-refractivity contribution in [3.8, 4) is 11.5 Å². The maximum absolute atomic E-state index is 13.8. The molecular formula is C64H36Cl2F4Li3N12Na3O22S6. The Labute approximate surface area is 765 Å². The number of hydrogen-bond donors (Lipinski definition) is 6. The Balaban J connectivity index is 0.000000393. The van der Waals surface area contributed by atoms with Gasteiger partial charge in [0.25, 0.3) is 11.8 Å². The van der Waals surface area contributed by atoms with E-state index in [1.165, 1.54) is 97.1 Å². The van der Waals surface area contributed by atoms with Gasteiger partial charge in [0, 0.05) is 45.8 Å². The molecule has 0 bridgehead atoms. The first kappa shape index (κ1) is 99.9. The van der Waals surface area contributed by atoms with Gasteiger partial charge in [0.1, 0.15) is 93.5 Å². The summed E-state index contributed by atoms with van der Waals surface area (Å²) in [4.78, 5) is 31.4. The van der Waals surface area contributed by atoms with Crippen molar-refractivity contribution in [2.75, 3.05) is 21.3 Å². The number of phenolic OH excluding ortho intramolecular Hbond substituents is 2. The second-order valence-electron chi connectivity index (χ2n) is 22.4. The van der Waals surface area contributed by atoms with Gasteiger partial charge in [0.15, 0.2) is 23.1 Å². The Bertz CT molecular complexity index is 6360. The van der Waals surface area contributed by atoms with E-state index in [9.17, 15) is 115 Å². The zero-order chi connectivity index (χ0) is 80.1. The number of fused-ring (bicyclic) bond motifs is 4. The van der Waals surface area contributed by atoms with Crippen LogP contribution in [0.15, 0.2) is 208 Å². The molecule has 0 radical (unpaired) electrons. The molecule has 0 fully saturated rings. The van der Waals surface area contributed by atoms with Crippen LogP contribution in [0.25, 0.3) is 43.1 Å². The van der Waals surface area contributed by atoms with Crippen LogP contribution in [0.3, 0.4) is 0 Å². The number of hydrogen-bond acceptors (Lipinski definition) is 32. The molecule has 0 aliphatic heterocycles. The van der Waals surface area contributed by atoms with E-state index in [4.69, 9.17) is 23.2 Å². The van der Waals surface area contributed by atoms with Gasteiger partial charge in [-0.3, -0.25) is 9.59 Å². The molecule has 6 N–H and O–H groups in total. The number of halogens is 6. The van der Waals surface area contributed by atoms with Crippen molar-refractivity contribution < 1.29 is 260 Å². The van der Waals surface area contributed by atoms with Gasteiger partial charge < -0.3 is 58.8 Å². The van der Waals surface area contributed by atoms with Crippen LogP contribution in [-0.4, -0.2) is 120 Å². The number of phenols is 2. The third-order valence-electron chi connectivity index (χ3n) is 15.6. The minimum absolute atomic E-state index is 0. The van der Waals surface area contributed by atoms with Crippen LogP contribution in [0.5, 0.6) is 11.5 Å². The fourth-order valence-corrected chi connectivity index (χ4v) is 15.5. The summed E-state index contributed by atoms with van der Waals surface area (Å²) >= 11 is 11.6. The predicted octanol–water partition coefficient (Wildman–Crippen LogP) is -7.15. The molecule has 2 amide bonds. The van der Waals surface area contributed by atoms with E-state index in [2.05, 4.69) is 61.7 Å². The molecule has 116 heavy (non-hydrogen) atoms. The number of amides is 2. The molecule has 0 aliphatic carbocycles. The van der Waals surface area contributed by atoms with Crippen molar-refractivity contribution in [1.29, 1.82) is 0 Å². The van der Waals surface area contributed by atoms with E-state index in [1.807, 2.05) is 0 Å². The average molecular weight is 1750 g/mol. The molecule has 2 heterocycles. The summed E-state index contributed by atoms with van der Waals surface area (Å²) in [7, 11) is -33.2. The topological polar surface area (TPSA) is 567 Å². The number of azo groups is 2. The van der Waals surface area contributed by atoms with E-state index >= 15 is 0 Å². The first-order valence-electron chi connectivity index (χ1n) is 29.8.